The van der Waals surface area contributed by atoms with Crippen molar-refractivity contribution in [3.63, 3.8) is 0 Å². The van der Waals surface area contributed by atoms with Gasteiger partial charge in [-0.05, 0) is 42.3 Å². The number of para-hydroxylation sites is 1. The number of hydrogen-bond donors (Lipinski definition) is 0. The van der Waals surface area contributed by atoms with Gasteiger partial charge >= 0.3 is 0 Å². The van der Waals surface area contributed by atoms with Gasteiger partial charge < -0.3 is 4.90 Å². The number of fused-ring (bicyclic) bond motifs is 3. The Labute approximate surface area is 127 Å². The van der Waals surface area contributed by atoms with Gasteiger partial charge in [0.15, 0.2) is 0 Å². The second-order valence-electron chi connectivity index (χ2n) is 5.17. The van der Waals surface area contributed by atoms with Crippen molar-refractivity contribution in [2.45, 2.75) is 12.5 Å². The minimum atomic E-state index is 0.423. The summed E-state index contributed by atoms with van der Waals surface area (Å²) in [7, 11) is 0. The molecule has 0 fully saturated rings. The van der Waals surface area contributed by atoms with Gasteiger partial charge in [0, 0.05) is 21.4 Å². The van der Waals surface area contributed by atoms with Crippen LogP contribution in [0.5, 0.6) is 0 Å². The van der Waals surface area contributed by atoms with Crippen LogP contribution < -0.4 is 4.90 Å². The molecule has 2 aliphatic rings. The lowest BCUT2D eigenvalue weighted by Gasteiger charge is -2.28. The summed E-state index contributed by atoms with van der Waals surface area (Å²) in [5.74, 6) is 0. The number of nitrogens with zero attached hydrogens (tertiary/aromatic N) is 1. The quantitative estimate of drug-likeness (QED) is 0.687. The molecule has 1 heterocycles. The molecule has 0 aromatic heterocycles. The number of rotatable bonds is 1. The summed E-state index contributed by atoms with van der Waals surface area (Å²) in [6.07, 6.45) is 7.74. The number of anilines is 2. The van der Waals surface area contributed by atoms with E-state index >= 15 is 0 Å². The molecule has 0 spiro atoms. The van der Waals surface area contributed by atoms with Crippen molar-refractivity contribution in [3.8, 4) is 0 Å². The van der Waals surface area contributed by atoms with Crippen molar-refractivity contribution in [2.24, 2.45) is 0 Å². The zero-order valence-electron chi connectivity index (χ0n) is 11.0. The summed E-state index contributed by atoms with van der Waals surface area (Å²) in [5.41, 5.74) is 5.34. The van der Waals surface area contributed by atoms with Gasteiger partial charge in [0.05, 0.1) is 6.04 Å². The third-order valence-corrected chi connectivity index (χ3v) is 4.50. The summed E-state index contributed by atoms with van der Waals surface area (Å²) in [4.78, 5) is 2.46. The third kappa shape index (κ3) is 1.75. The average molecular weight is 324 g/mol. The minimum absolute atomic E-state index is 0.423. The molecule has 2 aromatic rings. The van der Waals surface area contributed by atoms with E-state index in [9.17, 15) is 0 Å². The lowest BCUT2D eigenvalue weighted by molar-refractivity contribution is 0.829. The zero-order valence-corrected chi connectivity index (χ0v) is 12.5. The minimum Gasteiger partial charge on any atom is -0.333 e. The highest BCUT2D eigenvalue weighted by Crippen LogP contribution is 2.47. The molecule has 0 radical (unpaired) electrons. The molecule has 1 unspecified atom stereocenters. The Morgan fingerprint density at radius 1 is 1.05 bits per heavy atom. The predicted molar refractivity (Wildman–Crippen MR) is 88.2 cm³/mol. The summed E-state index contributed by atoms with van der Waals surface area (Å²) in [5, 5.41) is 0. The van der Waals surface area contributed by atoms with Gasteiger partial charge in [-0.15, -0.1) is 0 Å². The number of benzene rings is 2. The molecule has 0 saturated carbocycles. The summed E-state index contributed by atoms with van der Waals surface area (Å²) >= 11 is 3.59. The first-order valence-corrected chi connectivity index (χ1v) is 7.65. The predicted octanol–water partition coefficient (Wildman–Crippen LogP) is 5.31. The van der Waals surface area contributed by atoms with Gasteiger partial charge in [-0.1, -0.05) is 52.4 Å². The normalized spacial score (nSPS) is 19.6. The van der Waals surface area contributed by atoms with E-state index in [2.05, 4.69) is 87.6 Å². The Morgan fingerprint density at radius 2 is 1.90 bits per heavy atom. The first kappa shape index (κ1) is 12.0. The van der Waals surface area contributed by atoms with Crippen LogP contribution in [0.15, 0.2) is 71.2 Å². The van der Waals surface area contributed by atoms with Crippen LogP contribution in [0.2, 0.25) is 0 Å². The van der Waals surface area contributed by atoms with Crippen molar-refractivity contribution in [3.05, 3.63) is 76.8 Å². The van der Waals surface area contributed by atoms with Crippen LogP contribution in [-0.4, -0.2) is 6.04 Å². The van der Waals surface area contributed by atoms with E-state index in [1.807, 2.05) is 0 Å². The van der Waals surface area contributed by atoms with Crippen LogP contribution in [0, 0.1) is 0 Å². The highest BCUT2D eigenvalue weighted by atomic mass is 79.9. The molecular weight excluding hydrogens is 310 g/mol. The van der Waals surface area contributed by atoms with E-state index in [0.717, 1.165) is 10.9 Å². The van der Waals surface area contributed by atoms with Gasteiger partial charge in [-0.3, -0.25) is 0 Å². The maximum atomic E-state index is 3.59. The fourth-order valence-electron chi connectivity index (χ4n) is 3.16. The van der Waals surface area contributed by atoms with Crippen LogP contribution in [-0.2, 0) is 0 Å². The van der Waals surface area contributed by atoms with Gasteiger partial charge in [-0.25, -0.2) is 0 Å². The van der Waals surface area contributed by atoms with Gasteiger partial charge in [-0.2, -0.15) is 0 Å². The van der Waals surface area contributed by atoms with E-state index in [-0.39, 0.29) is 0 Å². The Bertz CT molecular complexity index is 715. The smallest absolute Gasteiger partial charge is 0.0632 e. The molecule has 1 aliphatic carbocycles. The molecule has 4 rings (SSSR count). The molecular formula is C18H14BrN. The standard InChI is InChI=1S/C18H14BrN/c19-13-10-11-18-16(12-13)15-8-4-5-9-17(15)20(18)14-6-2-1-3-7-14/h1-8,10-12,17H,9H2. The van der Waals surface area contributed by atoms with Crippen LogP contribution in [0.25, 0.3) is 5.57 Å². The monoisotopic (exact) mass is 323 g/mol. The summed E-state index contributed by atoms with van der Waals surface area (Å²) < 4.78 is 1.14. The zero-order chi connectivity index (χ0) is 13.5. The van der Waals surface area contributed by atoms with Crippen LogP contribution in [0.3, 0.4) is 0 Å². The Hall–Kier alpha value is -1.80. The number of halogens is 1. The first-order chi connectivity index (χ1) is 9.84. The van der Waals surface area contributed by atoms with Gasteiger partial charge in [0.2, 0.25) is 0 Å². The van der Waals surface area contributed by atoms with Crippen LogP contribution in [0.1, 0.15) is 12.0 Å². The molecule has 1 aliphatic heterocycles. The first-order valence-electron chi connectivity index (χ1n) is 6.85. The van der Waals surface area contributed by atoms with Crippen molar-refractivity contribution in [2.75, 3.05) is 4.90 Å². The maximum Gasteiger partial charge on any atom is 0.0632 e. The van der Waals surface area contributed by atoms with Crippen LogP contribution in [0.4, 0.5) is 11.4 Å². The second-order valence-corrected chi connectivity index (χ2v) is 6.08. The lowest BCUT2D eigenvalue weighted by atomic mass is 9.96. The fraction of sp³-hybridized carbons (Fsp3) is 0.111. The highest BCUT2D eigenvalue weighted by Gasteiger charge is 2.34. The van der Waals surface area contributed by atoms with E-state index in [0.29, 0.717) is 6.04 Å². The summed E-state index contributed by atoms with van der Waals surface area (Å²) in [6, 6.07) is 17.6. The molecule has 0 amide bonds. The second kappa shape index (κ2) is 4.64. The third-order valence-electron chi connectivity index (χ3n) is 4.01. The molecule has 0 bridgehead atoms. The molecule has 0 N–H and O–H groups in total. The van der Waals surface area contributed by atoms with Crippen molar-refractivity contribution < 1.29 is 0 Å². The van der Waals surface area contributed by atoms with Gasteiger partial charge in [0.1, 0.15) is 0 Å². The van der Waals surface area contributed by atoms with E-state index in [1.54, 1.807) is 0 Å². The molecule has 20 heavy (non-hydrogen) atoms. The molecule has 1 atom stereocenters. The highest BCUT2D eigenvalue weighted by molar-refractivity contribution is 9.10. The van der Waals surface area contributed by atoms with Crippen molar-refractivity contribution >= 4 is 32.9 Å². The van der Waals surface area contributed by atoms with E-state index in [1.165, 1.54) is 22.5 Å². The average Bonchev–Trinajstić information content (AvgIpc) is 2.82. The Balaban J connectivity index is 1.93. The lowest BCUT2D eigenvalue weighted by Crippen LogP contribution is -2.26. The SMILES string of the molecule is Brc1ccc2c(c1)C1=CC=CCC1N2c1ccccc1. The van der Waals surface area contributed by atoms with E-state index in [4.69, 9.17) is 0 Å². The van der Waals surface area contributed by atoms with Gasteiger partial charge in [0.25, 0.3) is 0 Å². The molecule has 98 valence electrons. The van der Waals surface area contributed by atoms with Crippen molar-refractivity contribution in [1.82, 2.24) is 0 Å². The Morgan fingerprint density at radius 3 is 2.75 bits per heavy atom. The van der Waals surface area contributed by atoms with Crippen LogP contribution >= 0.6 is 15.9 Å². The van der Waals surface area contributed by atoms with Crippen molar-refractivity contribution in [1.29, 1.82) is 0 Å². The molecule has 0 saturated heterocycles. The molecule has 2 heteroatoms. The number of allylic oxidation sites excluding steroid dienone is 2. The summed E-state index contributed by atoms with van der Waals surface area (Å²) in [6.45, 7) is 0. The fourth-order valence-corrected chi connectivity index (χ4v) is 3.52. The largest absolute Gasteiger partial charge is 0.333 e. The van der Waals surface area contributed by atoms with E-state index < -0.39 is 0 Å². The topological polar surface area (TPSA) is 3.24 Å². The molecule has 1 nitrogen and oxygen atoms in total. The number of hydrogen-bond acceptors (Lipinski definition) is 1. The maximum absolute atomic E-state index is 3.59. The molecule has 2 aromatic carbocycles. The Kier molecular flexibility index (Phi) is 2.78.